The molecule has 0 aromatic carbocycles. The van der Waals surface area contributed by atoms with Crippen molar-refractivity contribution >= 4 is 11.6 Å². The zero-order chi connectivity index (χ0) is 15.2. The van der Waals surface area contributed by atoms with Crippen molar-refractivity contribution in [2.24, 2.45) is 0 Å². The monoisotopic (exact) mass is 299 g/mol. The summed E-state index contributed by atoms with van der Waals surface area (Å²) in [6, 6.07) is 5.71. The molecule has 0 spiro atoms. The van der Waals surface area contributed by atoms with Gasteiger partial charge in [0.05, 0.1) is 11.9 Å². The maximum absolute atomic E-state index is 12.0. The minimum absolute atomic E-state index is 0.0386. The van der Waals surface area contributed by atoms with Gasteiger partial charge in [-0.3, -0.25) is 14.9 Å². The Morgan fingerprint density at radius 1 is 1.41 bits per heavy atom. The highest BCUT2D eigenvalue weighted by Crippen LogP contribution is 2.25. The molecular weight excluding hydrogens is 278 g/mol. The summed E-state index contributed by atoms with van der Waals surface area (Å²) in [5.41, 5.74) is 1.95. The van der Waals surface area contributed by atoms with Gasteiger partial charge in [0.1, 0.15) is 0 Å². The van der Waals surface area contributed by atoms with Gasteiger partial charge in [0.2, 0.25) is 5.91 Å². The highest BCUT2D eigenvalue weighted by atomic mass is 16.1. The van der Waals surface area contributed by atoms with Crippen LogP contribution in [-0.2, 0) is 4.79 Å². The number of likely N-dealkylation sites (tertiary alicyclic amines) is 1. The molecule has 1 aliphatic heterocycles. The molecule has 116 valence electrons. The molecule has 2 aromatic rings. The lowest BCUT2D eigenvalue weighted by molar-refractivity contribution is -0.116. The van der Waals surface area contributed by atoms with Crippen molar-refractivity contribution in [1.29, 1.82) is 0 Å². The lowest BCUT2D eigenvalue weighted by Gasteiger charge is -2.31. The number of hydrogen-bond acceptors (Lipinski definition) is 4. The van der Waals surface area contributed by atoms with Crippen LogP contribution in [0.15, 0.2) is 36.8 Å². The Balaban J connectivity index is 1.46. The molecule has 1 atom stereocenters. The minimum atomic E-state index is 0.0386. The van der Waals surface area contributed by atoms with Gasteiger partial charge in [0, 0.05) is 43.5 Å². The number of anilines is 1. The first kappa shape index (κ1) is 14.7. The number of carbonyl (C=O) groups excluding carboxylic acids is 1. The third-order valence-electron chi connectivity index (χ3n) is 4.07. The zero-order valence-corrected chi connectivity index (χ0v) is 12.5. The van der Waals surface area contributed by atoms with E-state index < -0.39 is 0 Å². The first-order valence-electron chi connectivity index (χ1n) is 7.73. The van der Waals surface area contributed by atoms with Gasteiger partial charge in [0.15, 0.2) is 0 Å². The molecule has 3 heterocycles. The number of amides is 1. The normalized spacial score (nSPS) is 19.0. The van der Waals surface area contributed by atoms with E-state index in [-0.39, 0.29) is 5.91 Å². The van der Waals surface area contributed by atoms with Crippen LogP contribution in [0.1, 0.15) is 30.9 Å². The Kier molecular flexibility index (Phi) is 4.80. The van der Waals surface area contributed by atoms with Gasteiger partial charge < -0.3 is 10.2 Å². The summed E-state index contributed by atoms with van der Waals surface area (Å²) < 4.78 is 0. The van der Waals surface area contributed by atoms with Crippen molar-refractivity contribution in [3.05, 3.63) is 42.5 Å². The van der Waals surface area contributed by atoms with Gasteiger partial charge in [-0.2, -0.15) is 5.10 Å². The SMILES string of the molecule is O=C(CCN1CCC[C@@H](c2ccn[nH]2)C1)Nc1cccnc1. The molecular formula is C16H21N5O. The summed E-state index contributed by atoms with van der Waals surface area (Å²) in [5.74, 6) is 0.536. The van der Waals surface area contributed by atoms with Crippen LogP contribution >= 0.6 is 0 Å². The number of pyridine rings is 1. The van der Waals surface area contributed by atoms with Crippen LogP contribution in [0.2, 0.25) is 0 Å². The van der Waals surface area contributed by atoms with Gasteiger partial charge in [-0.05, 0) is 37.6 Å². The summed E-state index contributed by atoms with van der Waals surface area (Å²) in [7, 11) is 0. The number of piperidine rings is 1. The van der Waals surface area contributed by atoms with Crippen molar-refractivity contribution in [3.63, 3.8) is 0 Å². The number of H-pyrrole nitrogens is 1. The lowest BCUT2D eigenvalue weighted by atomic mass is 9.95. The largest absolute Gasteiger partial charge is 0.325 e. The molecule has 0 aliphatic carbocycles. The number of aromatic amines is 1. The Labute approximate surface area is 129 Å². The number of hydrogen-bond donors (Lipinski definition) is 2. The van der Waals surface area contributed by atoms with Crippen LogP contribution in [0, 0.1) is 0 Å². The van der Waals surface area contributed by atoms with Crippen LogP contribution in [-0.4, -0.2) is 45.6 Å². The molecule has 0 unspecified atom stereocenters. The van der Waals surface area contributed by atoms with Gasteiger partial charge >= 0.3 is 0 Å². The van der Waals surface area contributed by atoms with E-state index in [1.54, 1.807) is 18.6 Å². The Morgan fingerprint density at radius 2 is 2.36 bits per heavy atom. The summed E-state index contributed by atoms with van der Waals surface area (Å²) >= 11 is 0. The molecule has 1 amide bonds. The molecule has 0 bridgehead atoms. The summed E-state index contributed by atoms with van der Waals surface area (Å²) in [5, 5.41) is 9.97. The molecule has 0 saturated carbocycles. The standard InChI is InChI=1S/C16H21N5O/c22-16(19-14-4-1-7-17-11-14)6-10-21-9-2-3-13(12-21)15-5-8-18-20-15/h1,4-5,7-8,11,13H,2-3,6,9-10,12H2,(H,18,20)(H,19,22)/t13-/m1/s1. The predicted octanol–water partition coefficient (Wildman–Crippen LogP) is 2.01. The maximum Gasteiger partial charge on any atom is 0.225 e. The Hall–Kier alpha value is -2.21. The molecule has 0 radical (unpaired) electrons. The van der Waals surface area contributed by atoms with Crippen LogP contribution in [0.3, 0.4) is 0 Å². The number of rotatable bonds is 5. The molecule has 3 rings (SSSR count). The summed E-state index contributed by atoms with van der Waals surface area (Å²) in [6.45, 7) is 2.84. The van der Waals surface area contributed by atoms with E-state index in [0.29, 0.717) is 12.3 Å². The smallest absolute Gasteiger partial charge is 0.225 e. The predicted molar refractivity (Wildman–Crippen MR) is 84.5 cm³/mol. The van der Waals surface area contributed by atoms with E-state index in [1.807, 2.05) is 18.2 Å². The zero-order valence-electron chi connectivity index (χ0n) is 12.5. The fourth-order valence-corrected chi connectivity index (χ4v) is 2.93. The number of nitrogens with one attached hydrogen (secondary N) is 2. The lowest BCUT2D eigenvalue weighted by Crippen LogP contribution is -2.36. The van der Waals surface area contributed by atoms with Crippen LogP contribution in [0.4, 0.5) is 5.69 Å². The minimum Gasteiger partial charge on any atom is -0.325 e. The van der Waals surface area contributed by atoms with Crippen LogP contribution in [0.25, 0.3) is 0 Å². The molecule has 1 saturated heterocycles. The quantitative estimate of drug-likeness (QED) is 0.885. The van der Waals surface area contributed by atoms with Gasteiger partial charge in [-0.15, -0.1) is 0 Å². The second-order valence-electron chi connectivity index (χ2n) is 5.69. The third kappa shape index (κ3) is 3.92. The van der Waals surface area contributed by atoms with Crippen molar-refractivity contribution in [2.75, 3.05) is 25.0 Å². The number of nitrogens with zero attached hydrogens (tertiary/aromatic N) is 3. The summed E-state index contributed by atoms with van der Waals surface area (Å²) in [4.78, 5) is 18.3. The topological polar surface area (TPSA) is 73.9 Å². The average molecular weight is 299 g/mol. The number of aromatic nitrogens is 3. The van der Waals surface area contributed by atoms with E-state index in [4.69, 9.17) is 0 Å². The first-order chi connectivity index (χ1) is 10.8. The Bertz CT molecular complexity index is 584. The van der Waals surface area contributed by atoms with Crippen LogP contribution < -0.4 is 5.32 Å². The van der Waals surface area contributed by atoms with Gasteiger partial charge in [0.25, 0.3) is 0 Å². The maximum atomic E-state index is 12.0. The van der Waals surface area contributed by atoms with Crippen molar-refractivity contribution in [2.45, 2.75) is 25.2 Å². The first-order valence-corrected chi connectivity index (χ1v) is 7.73. The summed E-state index contributed by atoms with van der Waals surface area (Å²) in [6.07, 6.45) is 8.00. The fraction of sp³-hybridized carbons (Fsp3) is 0.438. The molecule has 2 N–H and O–H groups in total. The molecule has 2 aromatic heterocycles. The molecule has 22 heavy (non-hydrogen) atoms. The molecule has 1 fully saturated rings. The van der Waals surface area contributed by atoms with E-state index in [2.05, 4.69) is 25.4 Å². The van der Waals surface area contributed by atoms with E-state index in [0.717, 1.165) is 31.7 Å². The van der Waals surface area contributed by atoms with Crippen molar-refractivity contribution in [1.82, 2.24) is 20.1 Å². The van der Waals surface area contributed by atoms with Gasteiger partial charge in [-0.1, -0.05) is 0 Å². The molecule has 6 nitrogen and oxygen atoms in total. The second-order valence-corrected chi connectivity index (χ2v) is 5.69. The van der Waals surface area contributed by atoms with Gasteiger partial charge in [-0.25, -0.2) is 0 Å². The van der Waals surface area contributed by atoms with E-state index in [9.17, 15) is 4.79 Å². The highest BCUT2D eigenvalue weighted by Gasteiger charge is 2.22. The molecule has 1 aliphatic rings. The Morgan fingerprint density at radius 3 is 3.14 bits per heavy atom. The highest BCUT2D eigenvalue weighted by molar-refractivity contribution is 5.90. The van der Waals surface area contributed by atoms with Crippen molar-refractivity contribution < 1.29 is 4.79 Å². The molecule has 6 heteroatoms. The number of carbonyl (C=O) groups is 1. The average Bonchev–Trinajstić information content (AvgIpc) is 3.09. The van der Waals surface area contributed by atoms with Crippen molar-refractivity contribution in [3.8, 4) is 0 Å². The second kappa shape index (κ2) is 7.17. The third-order valence-corrected chi connectivity index (χ3v) is 4.07. The van der Waals surface area contributed by atoms with E-state index >= 15 is 0 Å². The fourth-order valence-electron chi connectivity index (χ4n) is 2.93. The van der Waals surface area contributed by atoms with Crippen LogP contribution in [0.5, 0.6) is 0 Å². The van der Waals surface area contributed by atoms with E-state index in [1.165, 1.54) is 12.1 Å².